The molecule has 1 atom stereocenters. The SMILES string of the molecule is CNCc1cc(S(=O)(=O)NCC(C)C(C)C)c[nH]1. The van der Waals surface area contributed by atoms with Crippen LogP contribution in [-0.2, 0) is 16.6 Å². The molecule has 3 N–H and O–H groups in total. The van der Waals surface area contributed by atoms with Crippen LogP contribution in [0.3, 0.4) is 0 Å². The van der Waals surface area contributed by atoms with E-state index < -0.39 is 10.0 Å². The molecule has 0 radical (unpaired) electrons. The molecule has 0 saturated heterocycles. The van der Waals surface area contributed by atoms with Gasteiger partial charge in [0.25, 0.3) is 0 Å². The third kappa shape index (κ3) is 4.12. The number of nitrogens with one attached hydrogen (secondary N) is 3. The third-order valence-corrected chi connectivity index (χ3v) is 4.53. The van der Waals surface area contributed by atoms with Crippen molar-refractivity contribution in [3.63, 3.8) is 0 Å². The molecule has 0 aliphatic rings. The number of rotatable bonds is 7. The molecule has 0 spiro atoms. The second-order valence-corrected chi connectivity index (χ2v) is 6.73. The largest absolute Gasteiger partial charge is 0.363 e. The molecule has 0 amide bonds. The Hall–Kier alpha value is -0.850. The summed E-state index contributed by atoms with van der Waals surface area (Å²) >= 11 is 0. The zero-order chi connectivity index (χ0) is 13.8. The normalized spacial score (nSPS) is 14.1. The highest BCUT2D eigenvalue weighted by Crippen LogP contribution is 2.13. The molecule has 104 valence electrons. The first-order valence-corrected chi connectivity index (χ1v) is 7.66. The van der Waals surface area contributed by atoms with Crippen molar-refractivity contribution in [2.24, 2.45) is 11.8 Å². The maximum Gasteiger partial charge on any atom is 0.242 e. The molecule has 0 aromatic carbocycles. The Morgan fingerprint density at radius 1 is 1.33 bits per heavy atom. The summed E-state index contributed by atoms with van der Waals surface area (Å²) < 4.78 is 26.7. The second kappa shape index (κ2) is 6.36. The van der Waals surface area contributed by atoms with Crippen LogP contribution in [0.1, 0.15) is 26.5 Å². The van der Waals surface area contributed by atoms with Crippen molar-refractivity contribution >= 4 is 10.0 Å². The van der Waals surface area contributed by atoms with Gasteiger partial charge in [-0.3, -0.25) is 0 Å². The molecule has 6 heteroatoms. The maximum absolute atomic E-state index is 12.0. The van der Waals surface area contributed by atoms with E-state index in [9.17, 15) is 8.42 Å². The highest BCUT2D eigenvalue weighted by Gasteiger charge is 2.17. The molecule has 0 saturated carbocycles. The summed E-state index contributed by atoms with van der Waals surface area (Å²) in [5.41, 5.74) is 0.856. The summed E-state index contributed by atoms with van der Waals surface area (Å²) in [5, 5.41) is 2.97. The molecular weight excluding hydrogens is 250 g/mol. The number of sulfonamides is 1. The van der Waals surface area contributed by atoms with Gasteiger partial charge in [0.1, 0.15) is 0 Å². The van der Waals surface area contributed by atoms with E-state index in [1.54, 1.807) is 6.07 Å². The lowest BCUT2D eigenvalue weighted by atomic mass is 9.99. The average Bonchev–Trinajstić information content (AvgIpc) is 2.75. The van der Waals surface area contributed by atoms with Gasteiger partial charge in [-0.25, -0.2) is 13.1 Å². The van der Waals surface area contributed by atoms with Crippen LogP contribution in [0.15, 0.2) is 17.2 Å². The minimum Gasteiger partial charge on any atom is -0.363 e. The molecule has 0 aliphatic heterocycles. The maximum atomic E-state index is 12.0. The van der Waals surface area contributed by atoms with E-state index in [1.165, 1.54) is 6.20 Å². The van der Waals surface area contributed by atoms with E-state index in [4.69, 9.17) is 0 Å². The van der Waals surface area contributed by atoms with E-state index in [0.29, 0.717) is 29.8 Å². The van der Waals surface area contributed by atoms with Crippen molar-refractivity contribution in [3.05, 3.63) is 18.0 Å². The van der Waals surface area contributed by atoms with Gasteiger partial charge >= 0.3 is 0 Å². The summed E-state index contributed by atoms with van der Waals surface area (Å²) in [5.74, 6) is 0.772. The predicted octanol–water partition coefficient (Wildman–Crippen LogP) is 1.30. The summed E-state index contributed by atoms with van der Waals surface area (Å²) in [6.45, 7) is 7.29. The second-order valence-electron chi connectivity index (χ2n) is 4.96. The first-order chi connectivity index (χ1) is 8.36. The number of aromatic amines is 1. The van der Waals surface area contributed by atoms with E-state index in [1.807, 2.05) is 14.0 Å². The zero-order valence-electron chi connectivity index (χ0n) is 11.4. The Kier molecular flexibility index (Phi) is 5.37. The molecule has 1 rings (SSSR count). The summed E-state index contributed by atoms with van der Waals surface area (Å²) in [4.78, 5) is 3.24. The van der Waals surface area contributed by atoms with Crippen LogP contribution in [0.4, 0.5) is 0 Å². The zero-order valence-corrected chi connectivity index (χ0v) is 12.3. The van der Waals surface area contributed by atoms with Crippen molar-refractivity contribution in [3.8, 4) is 0 Å². The number of hydrogen-bond acceptors (Lipinski definition) is 3. The van der Waals surface area contributed by atoms with Crippen LogP contribution in [0.25, 0.3) is 0 Å². The van der Waals surface area contributed by atoms with Gasteiger partial charge < -0.3 is 10.3 Å². The molecule has 1 unspecified atom stereocenters. The minimum absolute atomic E-state index is 0.295. The van der Waals surface area contributed by atoms with Crippen LogP contribution >= 0.6 is 0 Å². The highest BCUT2D eigenvalue weighted by molar-refractivity contribution is 7.89. The lowest BCUT2D eigenvalue weighted by Crippen LogP contribution is -2.30. The van der Waals surface area contributed by atoms with Crippen LogP contribution in [-0.4, -0.2) is 27.0 Å². The molecule has 0 aliphatic carbocycles. The smallest absolute Gasteiger partial charge is 0.242 e. The summed E-state index contributed by atoms with van der Waals surface area (Å²) in [6.07, 6.45) is 1.52. The number of aromatic nitrogens is 1. The highest BCUT2D eigenvalue weighted by atomic mass is 32.2. The number of H-pyrrole nitrogens is 1. The van der Waals surface area contributed by atoms with E-state index in [-0.39, 0.29) is 0 Å². The van der Waals surface area contributed by atoms with Crippen molar-refractivity contribution in [2.75, 3.05) is 13.6 Å². The molecule has 1 aromatic rings. The Morgan fingerprint density at radius 3 is 2.56 bits per heavy atom. The van der Waals surface area contributed by atoms with Crippen molar-refractivity contribution in [2.45, 2.75) is 32.2 Å². The van der Waals surface area contributed by atoms with Gasteiger partial charge in [0.15, 0.2) is 0 Å². The van der Waals surface area contributed by atoms with Gasteiger partial charge in [-0.15, -0.1) is 0 Å². The fourth-order valence-corrected chi connectivity index (χ4v) is 2.59. The van der Waals surface area contributed by atoms with Crippen molar-refractivity contribution in [1.29, 1.82) is 0 Å². The molecule has 5 nitrogen and oxygen atoms in total. The van der Waals surface area contributed by atoms with E-state index in [2.05, 4.69) is 28.9 Å². The Morgan fingerprint density at radius 2 is 2.00 bits per heavy atom. The van der Waals surface area contributed by atoms with Crippen LogP contribution in [0.2, 0.25) is 0 Å². The lowest BCUT2D eigenvalue weighted by molar-refractivity contribution is 0.414. The van der Waals surface area contributed by atoms with Gasteiger partial charge in [0.05, 0.1) is 4.90 Å². The van der Waals surface area contributed by atoms with Crippen LogP contribution in [0, 0.1) is 11.8 Å². The Labute approximate surface area is 109 Å². The van der Waals surface area contributed by atoms with Gasteiger partial charge in [-0.2, -0.15) is 0 Å². The Balaban J connectivity index is 2.68. The van der Waals surface area contributed by atoms with Gasteiger partial charge in [-0.05, 0) is 24.9 Å². The fraction of sp³-hybridized carbons (Fsp3) is 0.667. The van der Waals surface area contributed by atoms with Gasteiger partial charge in [-0.1, -0.05) is 20.8 Å². The van der Waals surface area contributed by atoms with Crippen LogP contribution in [0.5, 0.6) is 0 Å². The molecule has 1 heterocycles. The number of hydrogen-bond donors (Lipinski definition) is 3. The first kappa shape index (κ1) is 15.2. The molecule has 0 fully saturated rings. The fourth-order valence-electron chi connectivity index (χ4n) is 1.43. The molecule has 18 heavy (non-hydrogen) atoms. The van der Waals surface area contributed by atoms with E-state index >= 15 is 0 Å². The third-order valence-electron chi connectivity index (χ3n) is 3.13. The van der Waals surface area contributed by atoms with Crippen LogP contribution < -0.4 is 10.0 Å². The summed E-state index contributed by atoms with van der Waals surface area (Å²) in [6, 6.07) is 1.65. The van der Waals surface area contributed by atoms with Gasteiger partial charge in [0.2, 0.25) is 10.0 Å². The minimum atomic E-state index is -3.40. The van der Waals surface area contributed by atoms with Gasteiger partial charge in [0, 0.05) is 25.0 Å². The van der Waals surface area contributed by atoms with Crippen molar-refractivity contribution in [1.82, 2.24) is 15.0 Å². The van der Waals surface area contributed by atoms with E-state index in [0.717, 1.165) is 5.69 Å². The molecule has 0 bridgehead atoms. The lowest BCUT2D eigenvalue weighted by Gasteiger charge is -2.15. The predicted molar refractivity (Wildman–Crippen MR) is 72.7 cm³/mol. The standard InChI is InChI=1S/C12H23N3O2S/c1-9(2)10(3)6-15-18(16,17)12-5-11(7-13-4)14-8-12/h5,8-10,13-15H,6-7H2,1-4H3. The Bertz CT molecular complexity index is 465. The van der Waals surface area contributed by atoms with Crippen molar-refractivity contribution < 1.29 is 8.42 Å². The first-order valence-electron chi connectivity index (χ1n) is 6.18. The average molecular weight is 273 g/mol. The summed E-state index contributed by atoms with van der Waals surface area (Å²) in [7, 11) is -1.58. The molecular formula is C12H23N3O2S. The quantitative estimate of drug-likeness (QED) is 0.701. The molecule has 1 aromatic heterocycles. The topological polar surface area (TPSA) is 74.0 Å². The monoisotopic (exact) mass is 273 g/mol.